The summed E-state index contributed by atoms with van der Waals surface area (Å²) in [6, 6.07) is 10.1. The standard InChI is InChI=1S/C28H32F3N2O5PS2/c1-39(2,35)20-8-9-23(25(17-20)38-14-13-34)32-12-4-7-26-22(18-28(29,30)31)21-5-3-6-24(27(21)40-26)33-19-10-15-41(36,37)16-11-19/h3,5-6,8-9,17,19,32-34H,10-16,18H2,1-2H3. The van der Waals surface area contributed by atoms with Crippen molar-refractivity contribution in [1.29, 1.82) is 0 Å². The minimum Gasteiger partial charge on any atom is -0.489 e. The lowest BCUT2D eigenvalue weighted by Crippen LogP contribution is -2.32. The Morgan fingerprint density at radius 2 is 1.88 bits per heavy atom. The molecule has 1 aromatic heterocycles. The lowest BCUT2D eigenvalue weighted by atomic mass is 10.1. The molecule has 4 rings (SSSR count). The maximum Gasteiger partial charge on any atom is 0.393 e. The summed E-state index contributed by atoms with van der Waals surface area (Å²) in [7, 11) is -5.59. The molecule has 0 unspecified atom stereocenters. The largest absolute Gasteiger partial charge is 0.489 e. The summed E-state index contributed by atoms with van der Waals surface area (Å²) >= 11 is 1.18. The highest BCUT2D eigenvalue weighted by Crippen LogP contribution is 2.40. The van der Waals surface area contributed by atoms with Gasteiger partial charge in [-0.15, -0.1) is 11.3 Å². The molecule has 13 heteroatoms. The lowest BCUT2D eigenvalue weighted by Gasteiger charge is -2.24. The number of fused-ring (bicyclic) bond motifs is 1. The molecule has 0 aliphatic carbocycles. The topological polar surface area (TPSA) is 105 Å². The average Bonchev–Trinajstić information content (AvgIpc) is 3.23. The van der Waals surface area contributed by atoms with E-state index >= 15 is 0 Å². The maximum absolute atomic E-state index is 13.6. The Kier molecular flexibility index (Phi) is 9.64. The van der Waals surface area contributed by atoms with Gasteiger partial charge in [0.2, 0.25) is 0 Å². The number of halogens is 3. The smallest absolute Gasteiger partial charge is 0.393 e. The molecule has 1 aliphatic rings. The first-order valence-corrected chi connectivity index (χ1v) is 18.2. The fourth-order valence-electron chi connectivity index (χ4n) is 4.55. The summed E-state index contributed by atoms with van der Waals surface area (Å²) in [5, 5.41) is 16.7. The van der Waals surface area contributed by atoms with E-state index in [0.717, 1.165) is 0 Å². The summed E-state index contributed by atoms with van der Waals surface area (Å²) in [6.07, 6.45) is -4.67. The quantitative estimate of drug-likeness (QED) is 0.224. The molecule has 0 amide bonds. The number of hydrogen-bond donors (Lipinski definition) is 3. The number of ether oxygens (including phenoxy) is 1. The van der Waals surface area contributed by atoms with Crippen LogP contribution in [0, 0.1) is 11.8 Å². The molecule has 222 valence electrons. The first-order valence-electron chi connectivity index (χ1n) is 13.0. The van der Waals surface area contributed by atoms with Crippen molar-refractivity contribution in [1.82, 2.24) is 0 Å². The van der Waals surface area contributed by atoms with Gasteiger partial charge in [0.05, 0.1) is 52.0 Å². The van der Waals surface area contributed by atoms with Crippen molar-refractivity contribution in [3.05, 3.63) is 46.8 Å². The van der Waals surface area contributed by atoms with Gasteiger partial charge in [-0.25, -0.2) is 8.42 Å². The number of nitrogens with one attached hydrogen (secondary N) is 2. The molecule has 0 spiro atoms. The minimum atomic E-state index is -4.43. The summed E-state index contributed by atoms with van der Waals surface area (Å²) in [5.74, 6) is 6.38. The summed E-state index contributed by atoms with van der Waals surface area (Å²) < 4.78 is 83.0. The van der Waals surface area contributed by atoms with E-state index in [4.69, 9.17) is 9.84 Å². The van der Waals surface area contributed by atoms with Crippen molar-refractivity contribution >= 4 is 55.1 Å². The van der Waals surface area contributed by atoms with Gasteiger partial charge in [0, 0.05) is 11.3 Å². The lowest BCUT2D eigenvalue weighted by molar-refractivity contribution is -0.126. The molecule has 0 atom stereocenters. The Balaban J connectivity index is 1.59. The Morgan fingerprint density at radius 1 is 1.15 bits per heavy atom. The Hall–Kier alpha value is -2.71. The summed E-state index contributed by atoms with van der Waals surface area (Å²) in [6.45, 7) is 3.22. The molecule has 0 bridgehead atoms. The number of benzene rings is 2. The van der Waals surface area contributed by atoms with Crippen molar-refractivity contribution in [2.75, 3.05) is 55.2 Å². The van der Waals surface area contributed by atoms with Gasteiger partial charge in [-0.1, -0.05) is 24.0 Å². The van der Waals surface area contributed by atoms with Gasteiger partial charge >= 0.3 is 6.18 Å². The van der Waals surface area contributed by atoms with Gasteiger partial charge in [-0.2, -0.15) is 13.2 Å². The zero-order valence-electron chi connectivity index (χ0n) is 22.7. The first-order chi connectivity index (χ1) is 19.3. The third-order valence-corrected chi connectivity index (χ3v) is 11.0. The van der Waals surface area contributed by atoms with Crippen LogP contribution in [0.3, 0.4) is 0 Å². The van der Waals surface area contributed by atoms with Crippen molar-refractivity contribution < 1.29 is 36.0 Å². The molecule has 3 N–H and O–H groups in total. The Morgan fingerprint density at radius 3 is 2.54 bits per heavy atom. The molecular weight excluding hydrogens is 596 g/mol. The van der Waals surface area contributed by atoms with Crippen molar-refractivity contribution in [2.45, 2.75) is 31.5 Å². The zero-order chi connectivity index (χ0) is 29.8. The van der Waals surface area contributed by atoms with E-state index < -0.39 is 29.6 Å². The number of aliphatic hydroxyl groups excluding tert-OH is 1. The van der Waals surface area contributed by atoms with E-state index in [9.17, 15) is 26.2 Å². The number of thiophene rings is 1. The fourth-order valence-corrected chi connectivity index (χ4v) is 8.07. The first kappa shape index (κ1) is 31.2. The van der Waals surface area contributed by atoms with Gasteiger partial charge in [0.25, 0.3) is 0 Å². The van der Waals surface area contributed by atoms with Crippen LogP contribution in [0.5, 0.6) is 5.75 Å². The van der Waals surface area contributed by atoms with Crippen LogP contribution in [0.1, 0.15) is 23.3 Å². The highest BCUT2D eigenvalue weighted by atomic mass is 32.2. The van der Waals surface area contributed by atoms with Gasteiger partial charge in [0.15, 0.2) is 0 Å². The second kappa shape index (κ2) is 12.7. The number of anilines is 2. The van der Waals surface area contributed by atoms with E-state index in [2.05, 4.69) is 22.5 Å². The number of rotatable bonds is 9. The molecule has 0 saturated carbocycles. The average molecular weight is 629 g/mol. The van der Waals surface area contributed by atoms with Crippen molar-refractivity contribution in [2.24, 2.45) is 0 Å². The van der Waals surface area contributed by atoms with Gasteiger partial charge in [-0.05, 0) is 61.4 Å². The highest BCUT2D eigenvalue weighted by molar-refractivity contribution is 7.91. The van der Waals surface area contributed by atoms with Crippen LogP contribution < -0.4 is 20.7 Å². The predicted octanol–water partition coefficient (Wildman–Crippen LogP) is 5.08. The second-order valence-corrected chi connectivity index (χ2v) is 16.8. The third kappa shape index (κ3) is 8.41. The summed E-state index contributed by atoms with van der Waals surface area (Å²) in [4.78, 5) is 0.310. The number of sulfone groups is 1. The van der Waals surface area contributed by atoms with E-state index in [1.807, 2.05) is 0 Å². The van der Waals surface area contributed by atoms with Crippen molar-refractivity contribution in [3.8, 4) is 17.6 Å². The molecule has 0 radical (unpaired) electrons. The van der Waals surface area contributed by atoms with Gasteiger partial charge in [0.1, 0.15) is 29.3 Å². The predicted molar refractivity (Wildman–Crippen MR) is 160 cm³/mol. The van der Waals surface area contributed by atoms with Crippen LogP contribution in [-0.2, 0) is 20.8 Å². The van der Waals surface area contributed by atoms with Crippen LogP contribution in [0.15, 0.2) is 36.4 Å². The minimum absolute atomic E-state index is 0.0389. The number of alkyl halides is 3. The molecule has 7 nitrogen and oxygen atoms in total. The Bertz CT molecular complexity index is 1610. The molecule has 1 saturated heterocycles. The van der Waals surface area contributed by atoms with Crippen molar-refractivity contribution in [3.63, 3.8) is 0 Å². The molecule has 1 aliphatic heterocycles. The Labute approximate surface area is 241 Å². The monoisotopic (exact) mass is 628 g/mol. The molecule has 2 heterocycles. The molecule has 2 aromatic carbocycles. The van der Waals surface area contributed by atoms with Crippen LogP contribution in [0.2, 0.25) is 0 Å². The van der Waals surface area contributed by atoms with E-state index in [1.54, 1.807) is 49.7 Å². The fraction of sp³-hybridized carbons (Fsp3) is 0.429. The van der Waals surface area contributed by atoms with Crippen LogP contribution in [-0.4, -0.2) is 70.3 Å². The molecule has 3 aromatic rings. The third-order valence-electron chi connectivity index (χ3n) is 6.61. The van der Waals surface area contributed by atoms with E-state index in [-0.39, 0.29) is 42.9 Å². The molecular formula is C28H32F3N2O5PS2. The molecule has 41 heavy (non-hydrogen) atoms. The SMILES string of the molecule is CP(C)(=O)c1ccc(NCC#Cc2sc3c(NC4CCS(=O)(=O)CC4)cccc3c2CC(F)(F)F)c(OCCO)c1. The normalized spacial score (nSPS) is 15.8. The maximum atomic E-state index is 13.6. The number of aliphatic hydroxyl groups is 1. The summed E-state index contributed by atoms with van der Waals surface area (Å²) in [5.41, 5.74) is 1.33. The van der Waals surface area contributed by atoms with E-state index in [1.165, 1.54) is 11.3 Å². The van der Waals surface area contributed by atoms with Crippen LogP contribution >= 0.6 is 18.5 Å². The van der Waals surface area contributed by atoms with E-state index in [0.29, 0.717) is 50.2 Å². The van der Waals surface area contributed by atoms with Gasteiger partial charge < -0.3 is 25.0 Å². The number of hydrogen-bond acceptors (Lipinski definition) is 8. The van der Waals surface area contributed by atoms with Crippen LogP contribution in [0.4, 0.5) is 24.5 Å². The van der Waals surface area contributed by atoms with Crippen LogP contribution in [0.25, 0.3) is 10.1 Å². The highest BCUT2D eigenvalue weighted by Gasteiger charge is 2.31. The zero-order valence-corrected chi connectivity index (χ0v) is 25.2. The second-order valence-electron chi connectivity index (χ2n) is 10.2. The van der Waals surface area contributed by atoms with Gasteiger partial charge in [-0.3, -0.25) is 0 Å². The molecule has 1 fully saturated rings.